The highest BCUT2D eigenvalue weighted by molar-refractivity contribution is 6.95. The van der Waals surface area contributed by atoms with Crippen LogP contribution >= 0.6 is 0 Å². The molecule has 10 rings (SSSR count). The number of aryl methyl sites for hydroxylation is 1. The summed E-state index contributed by atoms with van der Waals surface area (Å²) in [4.78, 5) is 5.08. The zero-order valence-electron chi connectivity index (χ0n) is 29.5. The minimum absolute atomic E-state index is 0.00107. The molecule has 1 aromatic heterocycles. The zero-order chi connectivity index (χ0) is 34.1. The van der Waals surface area contributed by atoms with Gasteiger partial charge >= 0.3 is 6.85 Å². The van der Waals surface area contributed by atoms with Gasteiger partial charge in [-0.05, 0) is 81.5 Å². The number of nitrogens with zero attached hydrogens (tertiary/aromatic N) is 2. The molecule has 6 aromatic carbocycles. The van der Waals surface area contributed by atoms with E-state index in [-0.39, 0.29) is 17.7 Å². The van der Waals surface area contributed by atoms with Crippen molar-refractivity contribution in [1.82, 2.24) is 0 Å². The highest BCUT2D eigenvalue weighted by atomic mass is 16.4. The van der Waals surface area contributed by atoms with E-state index in [4.69, 9.17) is 4.42 Å². The van der Waals surface area contributed by atoms with Crippen LogP contribution in [0.3, 0.4) is 0 Å². The van der Waals surface area contributed by atoms with Gasteiger partial charge in [0.1, 0.15) is 5.58 Å². The average molecular weight is 647 g/mol. The maximum Gasteiger partial charge on any atom is 0.337 e. The molecular weight excluding hydrogens is 607 g/mol. The third-order valence-corrected chi connectivity index (χ3v) is 11.4. The SMILES string of the molecule is Cc1cc2c3c(c1)N(c1ccc(C(C)(C)C)cc1-c1ccccc1)c1oc4ccccc4c1B3N1c3ccccc3C(C)(C)c3cccc-2c31. The molecule has 242 valence electrons. The van der Waals surface area contributed by atoms with Crippen LogP contribution in [-0.4, -0.2) is 6.85 Å². The lowest BCUT2D eigenvalue weighted by molar-refractivity contribution is 0.590. The number of anilines is 5. The Kier molecular flexibility index (Phi) is 5.91. The van der Waals surface area contributed by atoms with Crippen molar-refractivity contribution in [3.63, 3.8) is 0 Å². The van der Waals surface area contributed by atoms with E-state index in [1.165, 1.54) is 72.5 Å². The molecule has 7 aromatic rings. The fourth-order valence-electron chi connectivity index (χ4n) is 9.02. The van der Waals surface area contributed by atoms with Gasteiger partial charge in [0.25, 0.3) is 0 Å². The standard InChI is InChI=1S/C46H39BN2O/c1-28-25-34-31-18-14-20-36-43(31)49(38-21-12-11-19-35(38)46(36,5)6)47-41(34)39(26-28)48(44-42(47)32-17-10-13-22-40(32)50-44)37-24-23-30(45(2,3)4)27-33(37)29-15-8-7-9-16-29/h7-27H,1-6H3. The summed E-state index contributed by atoms with van der Waals surface area (Å²) in [5.74, 6) is 0.893. The number of furan rings is 1. The van der Waals surface area contributed by atoms with Crippen LogP contribution in [0.15, 0.2) is 132 Å². The number of benzene rings is 6. The van der Waals surface area contributed by atoms with Crippen molar-refractivity contribution in [2.24, 2.45) is 0 Å². The van der Waals surface area contributed by atoms with Gasteiger partial charge in [-0.25, -0.2) is 0 Å². The van der Waals surface area contributed by atoms with E-state index in [1.807, 2.05) is 0 Å². The summed E-state index contributed by atoms with van der Waals surface area (Å²) in [6.45, 7) is 13.8. The minimum Gasteiger partial charge on any atom is -0.440 e. The molecule has 0 bridgehead atoms. The molecule has 0 saturated heterocycles. The maximum atomic E-state index is 7.10. The summed E-state index contributed by atoms with van der Waals surface area (Å²) >= 11 is 0. The van der Waals surface area contributed by atoms with E-state index in [9.17, 15) is 0 Å². The average Bonchev–Trinajstić information content (AvgIpc) is 3.50. The van der Waals surface area contributed by atoms with Crippen molar-refractivity contribution in [2.75, 3.05) is 9.71 Å². The Morgan fingerprint density at radius 1 is 0.620 bits per heavy atom. The predicted octanol–water partition coefficient (Wildman–Crippen LogP) is 11.1. The Morgan fingerprint density at radius 2 is 1.36 bits per heavy atom. The Balaban J connectivity index is 1.36. The van der Waals surface area contributed by atoms with Crippen molar-refractivity contribution in [3.05, 3.63) is 150 Å². The quantitative estimate of drug-likeness (QED) is 0.174. The molecule has 3 aliphatic heterocycles. The second kappa shape index (κ2) is 10.0. The molecule has 3 nitrogen and oxygen atoms in total. The third-order valence-electron chi connectivity index (χ3n) is 11.4. The fraction of sp³-hybridized carbons (Fsp3) is 0.174. The van der Waals surface area contributed by atoms with Crippen LogP contribution in [0.1, 0.15) is 56.9 Å². The van der Waals surface area contributed by atoms with Crippen LogP contribution in [0.25, 0.3) is 33.2 Å². The van der Waals surface area contributed by atoms with Crippen LogP contribution in [0.2, 0.25) is 0 Å². The predicted molar refractivity (Wildman–Crippen MR) is 211 cm³/mol. The summed E-state index contributed by atoms with van der Waals surface area (Å²) in [7, 11) is 0. The molecular formula is C46H39BN2O. The van der Waals surface area contributed by atoms with Gasteiger partial charge in [0.2, 0.25) is 5.88 Å². The Labute approximate surface area is 294 Å². The molecule has 50 heavy (non-hydrogen) atoms. The van der Waals surface area contributed by atoms with E-state index in [2.05, 4.69) is 179 Å². The van der Waals surface area contributed by atoms with Crippen molar-refractivity contribution in [3.8, 4) is 22.3 Å². The van der Waals surface area contributed by atoms with Gasteiger partial charge in [-0.1, -0.05) is 132 Å². The van der Waals surface area contributed by atoms with Crippen LogP contribution in [-0.2, 0) is 10.8 Å². The van der Waals surface area contributed by atoms with E-state index in [1.54, 1.807) is 0 Å². The fourth-order valence-corrected chi connectivity index (χ4v) is 9.02. The highest BCUT2D eigenvalue weighted by Crippen LogP contribution is 2.56. The Morgan fingerprint density at radius 3 is 2.18 bits per heavy atom. The van der Waals surface area contributed by atoms with Crippen LogP contribution < -0.4 is 20.6 Å². The first-order valence-corrected chi connectivity index (χ1v) is 17.8. The highest BCUT2D eigenvalue weighted by Gasteiger charge is 2.52. The molecule has 0 spiro atoms. The van der Waals surface area contributed by atoms with Gasteiger partial charge < -0.3 is 9.23 Å². The van der Waals surface area contributed by atoms with Gasteiger partial charge in [-0.15, -0.1) is 0 Å². The lowest BCUT2D eigenvalue weighted by Crippen LogP contribution is -2.62. The minimum atomic E-state index is -0.149. The molecule has 0 fully saturated rings. The summed E-state index contributed by atoms with van der Waals surface area (Å²) < 4.78 is 7.10. The smallest absolute Gasteiger partial charge is 0.337 e. The summed E-state index contributed by atoms with van der Waals surface area (Å²) in [5.41, 5.74) is 18.4. The van der Waals surface area contributed by atoms with Crippen LogP contribution in [0.4, 0.5) is 28.6 Å². The lowest BCUT2D eigenvalue weighted by Gasteiger charge is -2.50. The zero-order valence-corrected chi connectivity index (χ0v) is 29.5. The third kappa shape index (κ3) is 3.88. The van der Waals surface area contributed by atoms with Crippen LogP contribution in [0.5, 0.6) is 0 Å². The summed E-state index contributed by atoms with van der Waals surface area (Å²) in [6, 6.07) is 47.2. The second-order valence-electron chi connectivity index (χ2n) is 15.9. The number of hydrogen-bond donors (Lipinski definition) is 0. The van der Waals surface area contributed by atoms with E-state index in [0.29, 0.717) is 0 Å². The van der Waals surface area contributed by atoms with Crippen LogP contribution in [0, 0.1) is 6.92 Å². The topological polar surface area (TPSA) is 19.6 Å². The molecule has 0 saturated carbocycles. The van der Waals surface area contributed by atoms with Gasteiger partial charge in [-0.2, -0.15) is 0 Å². The normalized spacial score (nSPS) is 15.0. The molecule has 0 aliphatic carbocycles. The summed E-state index contributed by atoms with van der Waals surface area (Å²) in [5, 5.41) is 1.16. The molecule has 0 radical (unpaired) electrons. The Bertz CT molecular complexity index is 2540. The first-order valence-electron chi connectivity index (χ1n) is 17.8. The van der Waals surface area contributed by atoms with Crippen molar-refractivity contribution in [1.29, 1.82) is 0 Å². The molecule has 0 amide bonds. The monoisotopic (exact) mass is 646 g/mol. The van der Waals surface area contributed by atoms with Crippen molar-refractivity contribution >= 4 is 57.4 Å². The lowest BCUT2D eigenvalue weighted by atomic mass is 9.42. The number of rotatable bonds is 2. The largest absolute Gasteiger partial charge is 0.440 e. The number of hydrogen-bond acceptors (Lipinski definition) is 3. The molecule has 3 aliphatic rings. The van der Waals surface area contributed by atoms with Crippen molar-refractivity contribution < 1.29 is 4.42 Å². The molecule has 0 unspecified atom stereocenters. The maximum absolute atomic E-state index is 7.10. The molecule has 4 heteroatoms. The van der Waals surface area contributed by atoms with Gasteiger partial charge in [-0.3, -0.25) is 4.90 Å². The van der Waals surface area contributed by atoms with E-state index >= 15 is 0 Å². The first-order chi connectivity index (χ1) is 24.1. The van der Waals surface area contributed by atoms with Gasteiger partial charge in [0, 0.05) is 44.5 Å². The second-order valence-corrected chi connectivity index (χ2v) is 15.9. The molecule has 0 N–H and O–H groups in total. The van der Waals surface area contributed by atoms with E-state index in [0.717, 1.165) is 22.5 Å². The molecule has 4 heterocycles. The summed E-state index contributed by atoms with van der Waals surface area (Å²) in [6.07, 6.45) is 0. The van der Waals surface area contributed by atoms with Gasteiger partial charge in [0.15, 0.2) is 0 Å². The Hall–Kier alpha value is -5.48. The van der Waals surface area contributed by atoms with Gasteiger partial charge in [0.05, 0.1) is 5.69 Å². The van der Waals surface area contributed by atoms with E-state index < -0.39 is 0 Å². The number of fused-ring (bicyclic) bond motifs is 8. The molecule has 0 atom stereocenters. The van der Waals surface area contributed by atoms with Crippen molar-refractivity contribution in [2.45, 2.75) is 52.4 Å². The number of para-hydroxylation sites is 3. The first kappa shape index (κ1) is 29.4.